The van der Waals surface area contributed by atoms with E-state index < -0.39 is 0 Å². The van der Waals surface area contributed by atoms with Crippen LogP contribution in [-0.2, 0) is 0 Å². The molecule has 0 spiro atoms. The molecule has 1 nitrogen and oxygen atoms in total. The van der Waals surface area contributed by atoms with Gasteiger partial charge in [-0.1, -0.05) is 75.3 Å². The van der Waals surface area contributed by atoms with Gasteiger partial charge in [0, 0.05) is 12.6 Å². The molecule has 122 valence electrons. The molecule has 0 amide bonds. The Morgan fingerprint density at radius 2 is 1.32 bits per heavy atom. The summed E-state index contributed by atoms with van der Waals surface area (Å²) < 4.78 is 0. The van der Waals surface area contributed by atoms with Crippen LogP contribution in [0.4, 0.5) is 0 Å². The van der Waals surface area contributed by atoms with Gasteiger partial charge in [0.15, 0.2) is 0 Å². The molecular weight excluding hydrogens is 266 g/mol. The lowest BCUT2D eigenvalue weighted by Crippen LogP contribution is -2.40. The lowest BCUT2D eigenvalue weighted by Gasteiger charge is -2.33. The van der Waals surface area contributed by atoms with Gasteiger partial charge in [0.25, 0.3) is 0 Å². The van der Waals surface area contributed by atoms with E-state index in [1.54, 1.807) is 0 Å². The van der Waals surface area contributed by atoms with Crippen molar-refractivity contribution in [2.24, 2.45) is 5.92 Å². The molecule has 2 unspecified atom stereocenters. The van der Waals surface area contributed by atoms with Crippen molar-refractivity contribution < 1.29 is 0 Å². The summed E-state index contributed by atoms with van der Waals surface area (Å²) in [4.78, 5) is 0. The van der Waals surface area contributed by atoms with Crippen LogP contribution in [0.3, 0.4) is 0 Å². The average Bonchev–Trinajstić information content (AvgIpc) is 2.49. The van der Waals surface area contributed by atoms with Crippen LogP contribution in [0.5, 0.6) is 0 Å². The van der Waals surface area contributed by atoms with Crippen molar-refractivity contribution >= 4 is 0 Å². The maximum Gasteiger partial charge on any atom is 0.00955 e. The quantitative estimate of drug-likeness (QED) is 0.742. The van der Waals surface area contributed by atoms with Gasteiger partial charge in [-0.25, -0.2) is 0 Å². The predicted molar refractivity (Wildman–Crippen MR) is 95.3 cm³/mol. The van der Waals surface area contributed by atoms with Crippen LogP contribution < -0.4 is 5.32 Å². The number of rotatable bonds is 2. The third-order valence-electron chi connectivity index (χ3n) is 5.93. The molecule has 1 saturated heterocycles. The van der Waals surface area contributed by atoms with Gasteiger partial charge in [0.2, 0.25) is 0 Å². The minimum absolute atomic E-state index is 0.720. The molecule has 1 aliphatic carbocycles. The summed E-state index contributed by atoms with van der Waals surface area (Å²) >= 11 is 0. The van der Waals surface area contributed by atoms with Gasteiger partial charge in [-0.15, -0.1) is 0 Å². The topological polar surface area (TPSA) is 12.0 Å². The van der Waals surface area contributed by atoms with E-state index in [1.165, 1.54) is 82.7 Å². The van der Waals surface area contributed by atoms with Crippen molar-refractivity contribution in [3.63, 3.8) is 0 Å². The molecular formula is C21H33N. The maximum atomic E-state index is 3.99. The molecule has 2 atom stereocenters. The van der Waals surface area contributed by atoms with E-state index in [0.717, 1.165) is 17.9 Å². The monoisotopic (exact) mass is 299 g/mol. The highest BCUT2D eigenvalue weighted by Crippen LogP contribution is 2.30. The normalized spacial score (nSPS) is 29.1. The summed E-state index contributed by atoms with van der Waals surface area (Å²) in [5, 5.41) is 3.99. The first-order valence-corrected chi connectivity index (χ1v) is 9.72. The van der Waals surface area contributed by atoms with E-state index in [2.05, 4.69) is 35.6 Å². The second kappa shape index (κ2) is 8.72. The third kappa shape index (κ3) is 4.59. The fourth-order valence-corrected chi connectivity index (χ4v) is 4.55. The molecule has 2 fully saturated rings. The molecule has 0 bridgehead atoms. The van der Waals surface area contributed by atoms with Crippen LogP contribution in [-0.4, -0.2) is 12.6 Å². The largest absolute Gasteiger partial charge is 0.313 e. The number of benzene rings is 1. The van der Waals surface area contributed by atoms with Crippen LogP contribution in [0.15, 0.2) is 30.3 Å². The zero-order valence-electron chi connectivity index (χ0n) is 14.1. The number of hydrogen-bond acceptors (Lipinski definition) is 1. The van der Waals surface area contributed by atoms with Gasteiger partial charge in [0.1, 0.15) is 0 Å². The van der Waals surface area contributed by atoms with Gasteiger partial charge >= 0.3 is 0 Å². The lowest BCUT2D eigenvalue weighted by atomic mass is 9.81. The van der Waals surface area contributed by atoms with Crippen molar-refractivity contribution in [2.75, 3.05) is 6.54 Å². The molecule has 22 heavy (non-hydrogen) atoms. The Morgan fingerprint density at radius 1 is 0.682 bits per heavy atom. The lowest BCUT2D eigenvalue weighted by molar-refractivity contribution is 0.253. The van der Waals surface area contributed by atoms with E-state index >= 15 is 0 Å². The van der Waals surface area contributed by atoms with Crippen LogP contribution in [0.2, 0.25) is 0 Å². The summed E-state index contributed by atoms with van der Waals surface area (Å²) in [5.41, 5.74) is 1.54. The highest BCUT2D eigenvalue weighted by atomic mass is 14.9. The smallest absolute Gasteiger partial charge is 0.00955 e. The van der Waals surface area contributed by atoms with Gasteiger partial charge in [-0.3, -0.25) is 0 Å². The fourth-order valence-electron chi connectivity index (χ4n) is 4.55. The molecule has 1 N–H and O–H groups in total. The van der Waals surface area contributed by atoms with Crippen molar-refractivity contribution in [1.29, 1.82) is 0 Å². The van der Waals surface area contributed by atoms with Crippen LogP contribution in [0.1, 0.15) is 82.1 Å². The SMILES string of the molecule is c1ccc(C2CCCCC(C3CCCCCCC3)NC2)cc1. The third-order valence-corrected chi connectivity index (χ3v) is 5.93. The van der Waals surface area contributed by atoms with Gasteiger partial charge in [-0.2, -0.15) is 0 Å². The number of hydrogen-bond donors (Lipinski definition) is 1. The maximum absolute atomic E-state index is 3.99. The Hall–Kier alpha value is -0.820. The molecule has 1 aliphatic heterocycles. The molecule has 1 aromatic carbocycles. The zero-order valence-corrected chi connectivity index (χ0v) is 14.1. The Kier molecular flexibility index (Phi) is 6.36. The Labute approximate surface area is 136 Å². The predicted octanol–water partition coefficient (Wildman–Crippen LogP) is 5.66. The molecule has 1 aromatic rings. The van der Waals surface area contributed by atoms with Crippen molar-refractivity contribution in [1.82, 2.24) is 5.32 Å². The molecule has 0 aromatic heterocycles. The molecule has 2 aliphatic rings. The van der Waals surface area contributed by atoms with Gasteiger partial charge < -0.3 is 5.32 Å². The van der Waals surface area contributed by atoms with Crippen LogP contribution in [0, 0.1) is 5.92 Å². The Balaban J connectivity index is 1.59. The van der Waals surface area contributed by atoms with Gasteiger partial charge in [-0.05, 0) is 43.1 Å². The first kappa shape index (κ1) is 16.1. The minimum Gasteiger partial charge on any atom is -0.313 e. The highest BCUT2D eigenvalue weighted by molar-refractivity contribution is 5.20. The van der Waals surface area contributed by atoms with Crippen molar-refractivity contribution in [2.45, 2.75) is 82.6 Å². The van der Waals surface area contributed by atoms with E-state index in [-0.39, 0.29) is 0 Å². The fraction of sp³-hybridized carbons (Fsp3) is 0.714. The average molecular weight is 300 g/mol. The van der Waals surface area contributed by atoms with Crippen molar-refractivity contribution in [3.05, 3.63) is 35.9 Å². The first-order valence-electron chi connectivity index (χ1n) is 9.72. The van der Waals surface area contributed by atoms with E-state index in [4.69, 9.17) is 0 Å². The minimum atomic E-state index is 0.720. The summed E-state index contributed by atoms with van der Waals surface area (Å²) in [6.45, 7) is 1.19. The second-order valence-corrected chi connectivity index (χ2v) is 7.51. The Bertz CT molecular complexity index is 405. The molecule has 1 heteroatoms. The highest BCUT2D eigenvalue weighted by Gasteiger charge is 2.24. The second-order valence-electron chi connectivity index (χ2n) is 7.51. The summed E-state index contributed by atoms with van der Waals surface area (Å²) in [5.74, 6) is 1.66. The standard InChI is InChI=1S/C21H33N/c1-2-5-13-19(14-6-3-1)21-16-10-9-15-20(17-22-21)18-11-7-4-8-12-18/h4,7-8,11-12,19-22H,1-3,5-6,9-10,13-17H2. The van der Waals surface area contributed by atoms with E-state index in [9.17, 15) is 0 Å². The van der Waals surface area contributed by atoms with E-state index in [1.807, 2.05) is 0 Å². The summed E-state index contributed by atoms with van der Waals surface area (Å²) in [6.07, 6.45) is 15.9. The number of nitrogens with one attached hydrogen (secondary N) is 1. The first-order chi connectivity index (χ1) is 10.9. The molecule has 1 heterocycles. The Morgan fingerprint density at radius 3 is 2.09 bits per heavy atom. The molecule has 0 radical (unpaired) electrons. The van der Waals surface area contributed by atoms with Gasteiger partial charge in [0.05, 0.1) is 0 Å². The summed E-state index contributed by atoms with van der Waals surface area (Å²) in [7, 11) is 0. The van der Waals surface area contributed by atoms with Crippen molar-refractivity contribution in [3.8, 4) is 0 Å². The summed E-state index contributed by atoms with van der Waals surface area (Å²) in [6, 6.07) is 11.9. The molecule has 1 saturated carbocycles. The zero-order chi connectivity index (χ0) is 15.0. The van der Waals surface area contributed by atoms with Crippen LogP contribution in [0.25, 0.3) is 0 Å². The van der Waals surface area contributed by atoms with E-state index in [0.29, 0.717) is 0 Å². The van der Waals surface area contributed by atoms with Crippen LogP contribution >= 0.6 is 0 Å². The molecule has 3 rings (SSSR count).